The molecule has 0 bridgehead atoms. The van der Waals surface area contributed by atoms with Gasteiger partial charge in [-0.05, 0) is 38.0 Å². The molecule has 0 spiro atoms. The summed E-state index contributed by atoms with van der Waals surface area (Å²) in [5.41, 5.74) is 4.79. The third-order valence-electron chi connectivity index (χ3n) is 4.93. The molecule has 2 heterocycles. The number of aromatic nitrogens is 2. The van der Waals surface area contributed by atoms with Crippen LogP contribution in [0.1, 0.15) is 35.0 Å². The highest BCUT2D eigenvalue weighted by Gasteiger charge is 2.33. The molecule has 1 aromatic heterocycles. The summed E-state index contributed by atoms with van der Waals surface area (Å²) >= 11 is 0. The molecular formula is C19H27N3O2. The lowest BCUT2D eigenvalue weighted by molar-refractivity contribution is 0.0893. The summed E-state index contributed by atoms with van der Waals surface area (Å²) in [4.78, 5) is 0. The van der Waals surface area contributed by atoms with Crippen LogP contribution in [-0.2, 0) is 18.3 Å². The van der Waals surface area contributed by atoms with Crippen molar-refractivity contribution in [3.8, 4) is 5.75 Å². The Balaban J connectivity index is 1.62. The van der Waals surface area contributed by atoms with E-state index in [9.17, 15) is 0 Å². The van der Waals surface area contributed by atoms with E-state index >= 15 is 0 Å². The molecule has 0 amide bonds. The van der Waals surface area contributed by atoms with Gasteiger partial charge >= 0.3 is 0 Å². The van der Waals surface area contributed by atoms with Crippen molar-refractivity contribution in [1.29, 1.82) is 0 Å². The monoisotopic (exact) mass is 329 g/mol. The SMILES string of the molecule is COc1cccc(CNC[C@H]2CCO[C@@H]2c2c(C)nn(C)c2C)c1. The number of methoxy groups -OCH3 is 1. The second-order valence-electron chi connectivity index (χ2n) is 6.53. The Morgan fingerprint density at radius 3 is 2.92 bits per heavy atom. The van der Waals surface area contributed by atoms with Gasteiger partial charge in [0.2, 0.25) is 0 Å². The molecule has 0 saturated carbocycles. The highest BCUT2D eigenvalue weighted by Crippen LogP contribution is 2.37. The van der Waals surface area contributed by atoms with Crippen molar-refractivity contribution in [2.24, 2.45) is 13.0 Å². The zero-order chi connectivity index (χ0) is 17.1. The van der Waals surface area contributed by atoms with Crippen molar-refractivity contribution in [2.45, 2.75) is 32.9 Å². The molecule has 0 unspecified atom stereocenters. The van der Waals surface area contributed by atoms with Crippen LogP contribution < -0.4 is 10.1 Å². The van der Waals surface area contributed by atoms with Crippen molar-refractivity contribution in [3.63, 3.8) is 0 Å². The third-order valence-corrected chi connectivity index (χ3v) is 4.93. The zero-order valence-electron chi connectivity index (χ0n) is 15.0. The van der Waals surface area contributed by atoms with Gasteiger partial charge in [0.1, 0.15) is 5.75 Å². The van der Waals surface area contributed by atoms with Gasteiger partial charge < -0.3 is 14.8 Å². The number of aryl methyl sites for hydroxylation is 2. The van der Waals surface area contributed by atoms with E-state index in [1.165, 1.54) is 16.8 Å². The third kappa shape index (κ3) is 3.47. The molecule has 1 N–H and O–H groups in total. The van der Waals surface area contributed by atoms with Gasteiger partial charge in [0, 0.05) is 43.9 Å². The highest BCUT2D eigenvalue weighted by atomic mass is 16.5. The van der Waals surface area contributed by atoms with Crippen LogP contribution in [0.25, 0.3) is 0 Å². The Bertz CT molecular complexity index is 696. The molecule has 2 atom stereocenters. The molecule has 2 aromatic rings. The summed E-state index contributed by atoms with van der Waals surface area (Å²) in [6, 6.07) is 8.19. The average molecular weight is 329 g/mol. The Labute approximate surface area is 144 Å². The summed E-state index contributed by atoms with van der Waals surface area (Å²) in [6.45, 7) is 6.80. The van der Waals surface area contributed by atoms with E-state index in [1.807, 2.05) is 23.9 Å². The first-order valence-electron chi connectivity index (χ1n) is 8.55. The van der Waals surface area contributed by atoms with E-state index in [0.717, 1.165) is 37.6 Å². The fraction of sp³-hybridized carbons (Fsp3) is 0.526. The summed E-state index contributed by atoms with van der Waals surface area (Å²) in [5, 5.41) is 8.12. The lowest BCUT2D eigenvalue weighted by Crippen LogP contribution is -2.25. The molecule has 0 radical (unpaired) electrons. The van der Waals surface area contributed by atoms with E-state index in [-0.39, 0.29) is 6.10 Å². The quantitative estimate of drug-likeness (QED) is 0.885. The second-order valence-corrected chi connectivity index (χ2v) is 6.53. The normalized spacial score (nSPS) is 20.5. The van der Waals surface area contributed by atoms with Crippen LogP contribution in [0.4, 0.5) is 0 Å². The van der Waals surface area contributed by atoms with Crippen LogP contribution in [0.3, 0.4) is 0 Å². The first-order valence-corrected chi connectivity index (χ1v) is 8.55. The number of nitrogens with zero attached hydrogens (tertiary/aromatic N) is 2. The molecule has 1 aliphatic heterocycles. The summed E-state index contributed by atoms with van der Waals surface area (Å²) in [6.07, 6.45) is 1.24. The maximum atomic E-state index is 6.05. The molecule has 1 aliphatic rings. The Morgan fingerprint density at radius 1 is 1.38 bits per heavy atom. The molecule has 1 fully saturated rings. The van der Waals surface area contributed by atoms with E-state index < -0.39 is 0 Å². The van der Waals surface area contributed by atoms with Crippen molar-refractivity contribution in [3.05, 3.63) is 46.8 Å². The molecule has 24 heavy (non-hydrogen) atoms. The van der Waals surface area contributed by atoms with Crippen LogP contribution in [0, 0.1) is 19.8 Å². The average Bonchev–Trinajstić information content (AvgIpc) is 3.12. The Morgan fingerprint density at radius 2 is 2.21 bits per heavy atom. The minimum absolute atomic E-state index is 0.150. The molecule has 130 valence electrons. The van der Waals surface area contributed by atoms with E-state index in [4.69, 9.17) is 9.47 Å². The highest BCUT2D eigenvalue weighted by molar-refractivity contribution is 5.29. The Kier molecular flexibility index (Phi) is 5.21. The number of hydrogen-bond acceptors (Lipinski definition) is 4. The molecule has 3 rings (SSSR count). The van der Waals surface area contributed by atoms with Crippen molar-refractivity contribution >= 4 is 0 Å². The maximum Gasteiger partial charge on any atom is 0.119 e. The van der Waals surface area contributed by atoms with Gasteiger partial charge in [-0.2, -0.15) is 5.10 Å². The van der Waals surface area contributed by atoms with Gasteiger partial charge in [-0.25, -0.2) is 0 Å². The van der Waals surface area contributed by atoms with E-state index in [1.54, 1.807) is 7.11 Å². The topological polar surface area (TPSA) is 48.3 Å². The largest absolute Gasteiger partial charge is 0.497 e. The molecule has 0 aliphatic carbocycles. The fourth-order valence-electron chi connectivity index (χ4n) is 3.55. The van der Waals surface area contributed by atoms with Crippen LogP contribution >= 0.6 is 0 Å². The second kappa shape index (κ2) is 7.36. The zero-order valence-corrected chi connectivity index (χ0v) is 15.0. The molecule has 1 saturated heterocycles. The van der Waals surface area contributed by atoms with Gasteiger partial charge in [0.15, 0.2) is 0 Å². The number of ether oxygens (including phenoxy) is 2. The first kappa shape index (κ1) is 17.0. The minimum atomic E-state index is 0.150. The standard InChI is InChI=1S/C19H27N3O2/c1-13-18(14(2)22(3)21-13)19-16(8-9-24-19)12-20-11-15-6-5-7-17(10-15)23-4/h5-7,10,16,19-20H,8-9,11-12H2,1-4H3/t16-,19+/m1/s1. The van der Waals surface area contributed by atoms with Gasteiger partial charge in [-0.3, -0.25) is 4.68 Å². The predicted octanol–water partition coefficient (Wildman–Crippen LogP) is 2.91. The van der Waals surface area contributed by atoms with Crippen LogP contribution in [0.5, 0.6) is 5.75 Å². The number of hydrogen-bond donors (Lipinski definition) is 1. The van der Waals surface area contributed by atoms with Crippen molar-refractivity contribution in [1.82, 2.24) is 15.1 Å². The van der Waals surface area contributed by atoms with Crippen LogP contribution in [0.2, 0.25) is 0 Å². The van der Waals surface area contributed by atoms with Gasteiger partial charge in [0.25, 0.3) is 0 Å². The predicted molar refractivity (Wildman–Crippen MR) is 94.2 cm³/mol. The smallest absolute Gasteiger partial charge is 0.119 e. The summed E-state index contributed by atoms with van der Waals surface area (Å²) in [5.74, 6) is 1.38. The number of rotatable bonds is 6. The van der Waals surface area contributed by atoms with Gasteiger partial charge in [-0.1, -0.05) is 12.1 Å². The van der Waals surface area contributed by atoms with Crippen LogP contribution in [0.15, 0.2) is 24.3 Å². The lowest BCUT2D eigenvalue weighted by atomic mass is 9.94. The Hall–Kier alpha value is -1.85. The van der Waals surface area contributed by atoms with Gasteiger partial charge in [-0.15, -0.1) is 0 Å². The first-order chi connectivity index (χ1) is 11.6. The van der Waals surface area contributed by atoms with Crippen molar-refractivity contribution < 1.29 is 9.47 Å². The molecular weight excluding hydrogens is 302 g/mol. The van der Waals surface area contributed by atoms with E-state index in [0.29, 0.717) is 5.92 Å². The summed E-state index contributed by atoms with van der Waals surface area (Å²) < 4.78 is 13.3. The van der Waals surface area contributed by atoms with E-state index in [2.05, 4.69) is 36.4 Å². The number of nitrogens with one attached hydrogen (secondary N) is 1. The summed E-state index contributed by atoms with van der Waals surface area (Å²) in [7, 11) is 3.70. The number of benzene rings is 1. The van der Waals surface area contributed by atoms with Gasteiger partial charge in [0.05, 0.1) is 18.9 Å². The molecule has 5 nitrogen and oxygen atoms in total. The fourth-order valence-corrected chi connectivity index (χ4v) is 3.55. The van der Waals surface area contributed by atoms with Crippen molar-refractivity contribution in [2.75, 3.05) is 20.3 Å². The molecule has 1 aromatic carbocycles. The maximum absolute atomic E-state index is 6.05. The minimum Gasteiger partial charge on any atom is -0.497 e. The van der Waals surface area contributed by atoms with Crippen LogP contribution in [-0.4, -0.2) is 30.0 Å². The lowest BCUT2D eigenvalue weighted by Gasteiger charge is -2.20. The molecule has 5 heteroatoms.